The molecule has 0 spiro atoms. The highest BCUT2D eigenvalue weighted by atomic mass is 31.2. The van der Waals surface area contributed by atoms with Crippen LogP contribution in [0.3, 0.4) is 0 Å². The summed E-state index contributed by atoms with van der Waals surface area (Å²) >= 11 is 0. The van der Waals surface area contributed by atoms with Crippen LogP contribution < -0.4 is 0 Å². The number of aliphatic hydroxyl groups is 2. The Labute approximate surface area is 330 Å². The van der Waals surface area contributed by atoms with E-state index in [1.807, 2.05) is 0 Å². The number of quaternary nitrogens is 1. The topological polar surface area (TPSA) is 141 Å². The monoisotopic (exact) mass is 783 g/mol. The van der Waals surface area contributed by atoms with Crippen molar-refractivity contribution < 1.29 is 43.2 Å². The van der Waals surface area contributed by atoms with Crippen LogP contribution in [0.1, 0.15) is 174 Å². The number of carbonyl (C=O) groups excluding carboxylic acids is 2. The predicted molar refractivity (Wildman–Crippen MR) is 224 cm³/mol. The minimum atomic E-state index is -5.09. The van der Waals surface area contributed by atoms with Crippen LogP contribution in [-0.4, -0.2) is 81.5 Å². The second kappa shape index (κ2) is 32.4. The van der Waals surface area contributed by atoms with Crippen molar-refractivity contribution in [2.24, 2.45) is 0 Å². The predicted octanol–water partition coefficient (Wildman–Crippen LogP) is 10.4. The van der Waals surface area contributed by atoms with Gasteiger partial charge in [0.1, 0.15) is 24.5 Å². The molecule has 3 unspecified atom stereocenters. The van der Waals surface area contributed by atoms with Crippen LogP contribution in [0.15, 0.2) is 48.6 Å². The number of likely N-dealkylation sites (N-methyl/N-ethyl adjacent to an activating group) is 1. The van der Waals surface area contributed by atoms with E-state index in [-0.39, 0.29) is 29.7 Å². The van der Waals surface area contributed by atoms with E-state index in [0.29, 0.717) is 12.8 Å². The molecule has 0 saturated carbocycles. The largest absolute Gasteiger partial charge is 0.470 e. The van der Waals surface area contributed by atoms with Gasteiger partial charge in [0.25, 0.3) is 0 Å². The van der Waals surface area contributed by atoms with Crippen LogP contribution in [0.25, 0.3) is 0 Å². The number of phosphoric acid groups is 1. The van der Waals surface area contributed by atoms with E-state index in [4.69, 9.17) is 4.52 Å². The van der Waals surface area contributed by atoms with E-state index in [1.54, 1.807) is 21.1 Å². The van der Waals surface area contributed by atoms with E-state index in [0.717, 1.165) is 89.9 Å². The van der Waals surface area contributed by atoms with Crippen LogP contribution in [0.2, 0.25) is 0 Å². The first kappa shape index (κ1) is 52.3. The molecule has 0 aliphatic rings. The molecule has 0 aliphatic carbocycles. The standard InChI is InChI=1S/C44H80NO8P/c1-6-8-10-12-14-16-18-20-22-24-26-28-30-32-34-36-40(46)38-44(49,43(48)41(39-45(3,4)5)53-54(50,51)52)42(47)37-35-33-31-29-27-25-23-21-19-17-15-13-11-9-7-2/h14-17,20-23,41,43,48-49H,6-13,18-19,24-39H2,1-5H3,(H-,50,51,52)/p+1/b16-14-,17-15-,22-20-,23-21-. The highest BCUT2D eigenvalue weighted by Gasteiger charge is 2.50. The quantitative estimate of drug-likeness (QED) is 0.0211. The zero-order chi connectivity index (χ0) is 40.6. The van der Waals surface area contributed by atoms with Crippen LogP contribution in [-0.2, 0) is 18.7 Å². The molecule has 0 heterocycles. The Balaban J connectivity index is 4.98. The van der Waals surface area contributed by atoms with Crippen molar-refractivity contribution in [3.8, 4) is 0 Å². The molecule has 0 bridgehead atoms. The molecule has 0 aromatic heterocycles. The molecule has 9 nitrogen and oxygen atoms in total. The van der Waals surface area contributed by atoms with Gasteiger partial charge in [0.2, 0.25) is 0 Å². The molecule has 10 heteroatoms. The molecule has 0 radical (unpaired) electrons. The maximum atomic E-state index is 13.6. The number of rotatable bonds is 37. The van der Waals surface area contributed by atoms with Crippen LogP contribution in [0, 0.1) is 0 Å². The lowest BCUT2D eigenvalue weighted by atomic mass is 9.81. The van der Waals surface area contributed by atoms with Gasteiger partial charge in [-0.25, -0.2) is 4.57 Å². The van der Waals surface area contributed by atoms with E-state index in [1.165, 1.54) is 38.5 Å². The van der Waals surface area contributed by atoms with Crippen molar-refractivity contribution in [3.63, 3.8) is 0 Å². The van der Waals surface area contributed by atoms with Gasteiger partial charge in [0, 0.05) is 19.3 Å². The number of nitrogens with zero attached hydrogens (tertiary/aromatic N) is 1. The zero-order valence-electron chi connectivity index (χ0n) is 35.0. The maximum Gasteiger partial charge on any atom is 0.470 e. The van der Waals surface area contributed by atoms with E-state index in [2.05, 4.69) is 62.5 Å². The van der Waals surface area contributed by atoms with Crippen molar-refractivity contribution in [1.29, 1.82) is 0 Å². The molecule has 0 aromatic rings. The molecule has 0 amide bonds. The molecule has 54 heavy (non-hydrogen) atoms. The van der Waals surface area contributed by atoms with Gasteiger partial charge in [-0.15, -0.1) is 0 Å². The number of hydrogen-bond donors (Lipinski definition) is 4. The summed E-state index contributed by atoms with van der Waals surface area (Å²) in [5.74, 6) is -1.06. The third-order valence-corrected chi connectivity index (χ3v) is 10.1. The summed E-state index contributed by atoms with van der Waals surface area (Å²) in [5, 5.41) is 23.1. The van der Waals surface area contributed by atoms with Gasteiger partial charge >= 0.3 is 7.82 Å². The summed E-state index contributed by atoms with van der Waals surface area (Å²) in [7, 11) is 0.124. The molecule has 0 fully saturated rings. The zero-order valence-corrected chi connectivity index (χ0v) is 35.9. The Morgan fingerprint density at radius 1 is 0.630 bits per heavy atom. The molecule has 314 valence electrons. The fraction of sp³-hybridized carbons (Fsp3) is 0.773. The highest BCUT2D eigenvalue weighted by molar-refractivity contribution is 7.46. The van der Waals surface area contributed by atoms with Crippen molar-refractivity contribution in [2.75, 3.05) is 27.7 Å². The number of ketones is 2. The van der Waals surface area contributed by atoms with Gasteiger partial charge in [-0.05, 0) is 77.0 Å². The highest BCUT2D eigenvalue weighted by Crippen LogP contribution is 2.40. The fourth-order valence-corrected chi connectivity index (χ4v) is 6.95. The van der Waals surface area contributed by atoms with Crippen LogP contribution in [0.5, 0.6) is 0 Å². The average Bonchev–Trinajstić information content (AvgIpc) is 3.09. The van der Waals surface area contributed by atoms with E-state index >= 15 is 0 Å². The lowest BCUT2D eigenvalue weighted by molar-refractivity contribution is -0.873. The van der Waals surface area contributed by atoms with E-state index in [9.17, 15) is 34.2 Å². The lowest BCUT2D eigenvalue weighted by Gasteiger charge is -2.38. The number of aliphatic hydroxyl groups excluding tert-OH is 1. The second-order valence-electron chi connectivity index (χ2n) is 16.1. The molecule has 0 saturated heterocycles. The number of phosphoric ester groups is 1. The number of allylic oxidation sites excluding steroid dienone is 8. The Kier molecular flexibility index (Phi) is 31.4. The van der Waals surface area contributed by atoms with Crippen LogP contribution in [0.4, 0.5) is 0 Å². The van der Waals surface area contributed by atoms with Gasteiger partial charge in [-0.3, -0.25) is 14.1 Å². The van der Waals surface area contributed by atoms with Gasteiger partial charge < -0.3 is 24.5 Å². The molecular weight excluding hydrogens is 701 g/mol. The molecular formula is C44H81NO8P+. The minimum absolute atomic E-state index is 0.0535. The SMILES string of the molecule is CCCCC/C=C\C/C=C\CCCCCCCC(=O)CC(O)(C(=O)CCCCCCC/C=C\C/C=C\CCCCC)C(O)C(C[N+](C)(C)C)OP(=O)(O)O. The van der Waals surface area contributed by atoms with Crippen molar-refractivity contribution in [1.82, 2.24) is 0 Å². The Bertz CT molecular complexity index is 1120. The lowest BCUT2D eigenvalue weighted by Crippen LogP contribution is -2.59. The number of hydrogen-bond acceptors (Lipinski definition) is 6. The first-order valence-corrected chi connectivity index (χ1v) is 22.8. The first-order valence-electron chi connectivity index (χ1n) is 21.3. The smallest absolute Gasteiger partial charge is 0.387 e. The summed E-state index contributed by atoms with van der Waals surface area (Å²) in [6, 6.07) is 0. The Morgan fingerprint density at radius 2 is 1.02 bits per heavy atom. The van der Waals surface area contributed by atoms with Gasteiger partial charge in [0.15, 0.2) is 11.4 Å². The fourth-order valence-electron chi connectivity index (χ4n) is 6.42. The second-order valence-corrected chi connectivity index (χ2v) is 17.3. The van der Waals surface area contributed by atoms with Gasteiger partial charge in [0.05, 0.1) is 21.1 Å². The first-order chi connectivity index (χ1) is 25.7. The average molecular weight is 783 g/mol. The van der Waals surface area contributed by atoms with Crippen LogP contribution >= 0.6 is 7.82 Å². The number of carbonyl (C=O) groups is 2. The Morgan fingerprint density at radius 3 is 1.43 bits per heavy atom. The normalized spacial score (nSPS) is 15.2. The molecule has 0 rings (SSSR count). The van der Waals surface area contributed by atoms with Crippen molar-refractivity contribution >= 4 is 19.4 Å². The maximum absolute atomic E-state index is 13.6. The van der Waals surface area contributed by atoms with Gasteiger partial charge in [-0.1, -0.05) is 127 Å². The minimum Gasteiger partial charge on any atom is -0.387 e. The third-order valence-electron chi connectivity index (χ3n) is 9.55. The number of unbranched alkanes of at least 4 members (excludes halogenated alkanes) is 16. The van der Waals surface area contributed by atoms with Crippen molar-refractivity contribution in [2.45, 2.75) is 192 Å². The molecule has 4 N–H and O–H groups in total. The summed E-state index contributed by atoms with van der Waals surface area (Å²) in [4.78, 5) is 45.9. The Hall–Kier alpha value is -1.71. The molecule has 0 aromatic carbocycles. The summed E-state index contributed by atoms with van der Waals surface area (Å²) in [6.45, 7) is 4.32. The molecule has 0 aliphatic heterocycles. The number of Topliss-reactive ketones (excluding diaryl/α,β-unsaturated/α-hetero) is 2. The summed E-state index contributed by atoms with van der Waals surface area (Å²) in [5.41, 5.74) is -2.52. The third kappa shape index (κ3) is 30.5. The summed E-state index contributed by atoms with van der Waals surface area (Å²) in [6.07, 6.45) is 36.2. The van der Waals surface area contributed by atoms with Crippen molar-refractivity contribution in [3.05, 3.63) is 48.6 Å². The summed E-state index contributed by atoms with van der Waals surface area (Å²) < 4.78 is 16.9. The molecule has 3 atom stereocenters. The van der Waals surface area contributed by atoms with E-state index < -0.39 is 37.8 Å². The van der Waals surface area contributed by atoms with Gasteiger partial charge in [-0.2, -0.15) is 0 Å².